The van der Waals surface area contributed by atoms with E-state index < -0.39 is 93.4 Å². The Morgan fingerprint density at radius 1 is 1.25 bits per heavy atom. The van der Waals surface area contributed by atoms with Crippen LogP contribution in [0.5, 0.6) is 0 Å². The molecule has 0 unspecified atom stereocenters. The number of carbonyl (C=O) groups excluding carboxylic acids is 3. The molecule has 4 rings (SSSR count). The lowest BCUT2D eigenvalue weighted by atomic mass is 9.44. The predicted octanol–water partition coefficient (Wildman–Crippen LogP) is 5.13. The van der Waals surface area contributed by atoms with Crippen LogP contribution in [-0.2, 0) is 19.1 Å². The van der Waals surface area contributed by atoms with Crippen LogP contribution >= 0.6 is 11.6 Å². The Morgan fingerprint density at radius 3 is 2.53 bits per heavy atom. The summed E-state index contributed by atoms with van der Waals surface area (Å²) in [5, 5.41) is 11.4. The van der Waals surface area contributed by atoms with Gasteiger partial charge in [-0.05, 0) is 44.6 Å². The molecule has 9 heteroatoms. The highest BCUT2D eigenvalue weighted by atomic mass is 35.5. The molecule has 0 aliphatic heterocycles. The van der Waals surface area contributed by atoms with Crippen LogP contribution in [0.25, 0.3) is 0 Å². The summed E-state index contributed by atoms with van der Waals surface area (Å²) < 4.78 is 53.7. The lowest BCUT2D eigenvalue weighted by Crippen LogP contribution is -2.71. The van der Waals surface area contributed by atoms with E-state index in [-0.39, 0.29) is 19.3 Å². The molecule has 0 saturated heterocycles. The summed E-state index contributed by atoms with van der Waals surface area (Å²) in [5.41, 5.74) is -7.91. The van der Waals surface area contributed by atoms with Gasteiger partial charge in [0, 0.05) is 34.7 Å². The van der Waals surface area contributed by atoms with Crippen molar-refractivity contribution < 1.29 is 37.4 Å². The second-order valence-electron chi connectivity index (χ2n) is 11.5. The van der Waals surface area contributed by atoms with Gasteiger partial charge in [0.15, 0.2) is 22.9 Å². The first-order valence-electron chi connectivity index (χ1n) is 12.7. The Kier molecular flexibility index (Phi) is 6.82. The molecule has 0 radical (unpaired) electrons. The topological polar surface area (TPSA) is 80.7 Å². The number of hydrogen-bond donors (Lipinski definition) is 1. The second-order valence-corrected chi connectivity index (χ2v) is 11.7. The Labute approximate surface area is 214 Å². The van der Waals surface area contributed by atoms with E-state index in [0.29, 0.717) is 6.42 Å². The minimum absolute atomic E-state index is 0.0944. The molecule has 0 bridgehead atoms. The zero-order valence-corrected chi connectivity index (χ0v) is 21.8. The average Bonchev–Trinajstić information content (AvgIpc) is 3.03. The van der Waals surface area contributed by atoms with Gasteiger partial charge in [-0.25, -0.2) is 13.2 Å². The van der Waals surface area contributed by atoms with Crippen molar-refractivity contribution in [3.05, 3.63) is 23.6 Å². The largest absolute Gasteiger partial charge is 0.450 e. The van der Waals surface area contributed by atoms with Gasteiger partial charge >= 0.3 is 5.97 Å². The first kappa shape index (κ1) is 27.4. The van der Waals surface area contributed by atoms with Gasteiger partial charge in [0.05, 0.1) is 12.0 Å². The van der Waals surface area contributed by atoms with Gasteiger partial charge in [-0.2, -0.15) is 0 Å². The van der Waals surface area contributed by atoms with Crippen molar-refractivity contribution in [2.45, 2.75) is 89.8 Å². The first-order valence-corrected chi connectivity index (χ1v) is 13.3. The molecule has 0 aromatic heterocycles. The van der Waals surface area contributed by atoms with Gasteiger partial charge in [0.1, 0.15) is 6.17 Å². The fourth-order valence-corrected chi connectivity index (χ4v) is 8.33. The average molecular weight is 531 g/mol. The number of aliphatic hydroxyl groups excluding tert-OH is 1. The van der Waals surface area contributed by atoms with Crippen molar-refractivity contribution in [1.29, 1.82) is 0 Å². The highest BCUT2D eigenvalue weighted by Gasteiger charge is 2.78. The molecule has 200 valence electrons. The molecule has 1 N–H and O–H groups in total. The van der Waals surface area contributed by atoms with Crippen molar-refractivity contribution in [1.82, 2.24) is 0 Å². The van der Waals surface area contributed by atoms with E-state index in [9.17, 15) is 23.9 Å². The molecule has 5 nitrogen and oxygen atoms in total. The maximum Gasteiger partial charge on any atom is 0.306 e. The smallest absolute Gasteiger partial charge is 0.306 e. The number of carbonyl (C=O) groups is 3. The maximum atomic E-state index is 17.3. The van der Waals surface area contributed by atoms with E-state index in [0.717, 1.165) is 12.5 Å². The zero-order chi connectivity index (χ0) is 26.8. The van der Waals surface area contributed by atoms with Crippen molar-refractivity contribution in [2.24, 2.45) is 28.6 Å². The third kappa shape index (κ3) is 3.28. The predicted molar refractivity (Wildman–Crippen MR) is 127 cm³/mol. The number of ketones is 2. The minimum Gasteiger partial charge on any atom is -0.450 e. The SMILES string of the molecule is CCCCC(=O)O[C@@]1(C(=O)CCl)[C@@H](C)C[C@H]2[C@@H]3C[C@H](F)C4=C(F)C(=O)C=C[C@]4(C)[C@@]3(F)[C@@H](O)C[C@@]21C. The number of allylic oxidation sites excluding steroid dienone is 4. The van der Waals surface area contributed by atoms with E-state index in [2.05, 4.69) is 0 Å². The van der Waals surface area contributed by atoms with Crippen molar-refractivity contribution >= 4 is 29.1 Å². The fourth-order valence-electron chi connectivity index (χ4n) is 8.14. The van der Waals surface area contributed by atoms with Gasteiger partial charge in [-0.3, -0.25) is 14.4 Å². The van der Waals surface area contributed by atoms with Crippen LogP contribution in [0.1, 0.15) is 66.2 Å². The van der Waals surface area contributed by atoms with Gasteiger partial charge in [0.2, 0.25) is 5.78 Å². The molecule has 36 heavy (non-hydrogen) atoms. The molecule has 0 amide bonds. The van der Waals surface area contributed by atoms with Crippen LogP contribution in [0.2, 0.25) is 0 Å². The molecule has 9 atom stereocenters. The summed E-state index contributed by atoms with van der Waals surface area (Å²) in [5.74, 6) is -6.25. The molecule has 0 aromatic carbocycles. The first-order chi connectivity index (χ1) is 16.8. The molecular weight excluding hydrogens is 497 g/mol. The Balaban J connectivity index is 1.85. The summed E-state index contributed by atoms with van der Waals surface area (Å²) in [6, 6.07) is 0. The number of halogens is 4. The number of ether oxygens (including phenoxy) is 1. The van der Waals surface area contributed by atoms with E-state index in [1.807, 2.05) is 6.92 Å². The van der Waals surface area contributed by atoms with Gasteiger partial charge in [0.25, 0.3) is 0 Å². The van der Waals surface area contributed by atoms with Crippen LogP contribution in [0, 0.1) is 28.6 Å². The summed E-state index contributed by atoms with van der Waals surface area (Å²) >= 11 is 6.01. The van der Waals surface area contributed by atoms with Gasteiger partial charge < -0.3 is 9.84 Å². The number of alkyl halides is 3. The lowest BCUT2D eigenvalue weighted by Gasteiger charge is -2.63. The molecule has 4 aliphatic rings. The summed E-state index contributed by atoms with van der Waals surface area (Å²) in [7, 11) is 0. The van der Waals surface area contributed by atoms with E-state index in [4.69, 9.17) is 16.3 Å². The number of unbranched alkanes of at least 4 members (excludes halogenated alkanes) is 1. The lowest BCUT2D eigenvalue weighted by molar-refractivity contribution is -0.230. The monoisotopic (exact) mass is 530 g/mol. The van der Waals surface area contributed by atoms with Crippen LogP contribution in [0.4, 0.5) is 13.2 Å². The molecule has 0 spiro atoms. The summed E-state index contributed by atoms with van der Waals surface area (Å²) in [6.07, 6.45) is -0.749. The quantitative estimate of drug-likeness (QED) is 0.380. The normalized spacial score (nSPS) is 45.7. The standard InChI is InChI=1S/C27H34ClF3O5/c1-5-6-7-21(35)36-27(20(34)13-28)14(2)10-15-16-11-17(29)22-23(30)18(32)8-9-24(22,3)26(16,31)19(33)12-25(15,27)4/h8-9,14-17,19,33H,5-7,10-13H2,1-4H3/t14-,15-,16-,17-,19-,24-,25-,26-,27+/m0/s1. The molecule has 0 aromatic rings. The van der Waals surface area contributed by atoms with Crippen molar-refractivity contribution in [3.63, 3.8) is 0 Å². The van der Waals surface area contributed by atoms with Gasteiger partial charge in [-0.15, -0.1) is 11.6 Å². The van der Waals surface area contributed by atoms with E-state index in [1.54, 1.807) is 13.8 Å². The van der Waals surface area contributed by atoms with Crippen LogP contribution < -0.4 is 0 Å². The minimum atomic E-state index is -2.50. The Hall–Kier alpha value is -1.67. The van der Waals surface area contributed by atoms with Gasteiger partial charge in [-0.1, -0.05) is 33.3 Å². The third-order valence-electron chi connectivity index (χ3n) is 9.79. The van der Waals surface area contributed by atoms with Crippen LogP contribution in [0.15, 0.2) is 23.6 Å². The Bertz CT molecular complexity index is 1040. The summed E-state index contributed by atoms with van der Waals surface area (Å²) in [6.45, 7) is 6.64. The van der Waals surface area contributed by atoms with E-state index in [1.165, 1.54) is 13.0 Å². The number of rotatable bonds is 6. The molecule has 3 saturated carbocycles. The van der Waals surface area contributed by atoms with Crippen LogP contribution in [-0.4, -0.2) is 52.1 Å². The molecule has 4 aliphatic carbocycles. The highest BCUT2D eigenvalue weighted by molar-refractivity contribution is 6.29. The van der Waals surface area contributed by atoms with Crippen LogP contribution in [0.3, 0.4) is 0 Å². The fraction of sp³-hybridized carbons (Fsp3) is 0.741. The number of hydrogen-bond acceptors (Lipinski definition) is 5. The number of esters is 1. The third-order valence-corrected chi connectivity index (χ3v) is 10.0. The second kappa shape index (κ2) is 8.97. The highest BCUT2D eigenvalue weighted by Crippen LogP contribution is 2.72. The summed E-state index contributed by atoms with van der Waals surface area (Å²) in [4.78, 5) is 38.2. The Morgan fingerprint density at radius 2 is 1.92 bits per heavy atom. The van der Waals surface area contributed by atoms with Crippen molar-refractivity contribution in [3.8, 4) is 0 Å². The zero-order valence-electron chi connectivity index (χ0n) is 21.1. The molecular formula is C27H34ClF3O5. The maximum absolute atomic E-state index is 17.3. The molecule has 3 fully saturated rings. The number of aliphatic hydroxyl groups is 1. The number of fused-ring (bicyclic) bond motifs is 5. The van der Waals surface area contributed by atoms with E-state index >= 15 is 8.78 Å². The molecule has 0 heterocycles. The van der Waals surface area contributed by atoms with Crippen molar-refractivity contribution in [2.75, 3.05) is 5.88 Å². The number of Topliss-reactive ketones (excluding diaryl/α,β-unsaturated/α-hetero) is 1.